The highest BCUT2D eigenvalue weighted by Gasteiger charge is 2.11. The van der Waals surface area contributed by atoms with E-state index in [1.807, 2.05) is 48.5 Å². The fourth-order valence-electron chi connectivity index (χ4n) is 2.76. The smallest absolute Gasteiger partial charge is 0.266 e. The van der Waals surface area contributed by atoms with Gasteiger partial charge in [0.1, 0.15) is 23.3 Å². The molecule has 32 heavy (non-hydrogen) atoms. The van der Waals surface area contributed by atoms with Crippen LogP contribution in [0.3, 0.4) is 0 Å². The predicted molar refractivity (Wildman–Crippen MR) is 124 cm³/mol. The molecule has 3 aromatic rings. The Bertz CT molecular complexity index is 1150. The van der Waals surface area contributed by atoms with Crippen molar-refractivity contribution in [3.8, 4) is 12.1 Å². The van der Waals surface area contributed by atoms with E-state index in [9.17, 15) is 20.1 Å². The number of hydrogen-bond acceptors (Lipinski definition) is 4. The molecule has 3 aromatic carbocycles. The Morgan fingerprint density at radius 3 is 1.25 bits per heavy atom. The van der Waals surface area contributed by atoms with Crippen LogP contribution in [0.25, 0.3) is 12.2 Å². The Hall–Kier alpha value is -4.94. The van der Waals surface area contributed by atoms with E-state index in [1.165, 1.54) is 12.2 Å². The van der Waals surface area contributed by atoms with Crippen LogP contribution >= 0.6 is 0 Å². The van der Waals surface area contributed by atoms with Gasteiger partial charge in [0.15, 0.2) is 0 Å². The first kappa shape index (κ1) is 21.8. The monoisotopic (exact) mass is 418 g/mol. The summed E-state index contributed by atoms with van der Waals surface area (Å²) in [4.78, 5) is 24.8. The molecule has 0 fully saturated rings. The number of hydrogen-bond donors (Lipinski definition) is 2. The molecule has 6 heteroatoms. The van der Waals surface area contributed by atoms with E-state index in [2.05, 4.69) is 10.6 Å². The van der Waals surface area contributed by atoms with Crippen LogP contribution in [0.4, 0.5) is 11.4 Å². The first-order valence-electron chi connectivity index (χ1n) is 9.65. The van der Waals surface area contributed by atoms with Crippen molar-refractivity contribution in [2.45, 2.75) is 0 Å². The van der Waals surface area contributed by atoms with E-state index in [0.29, 0.717) is 11.4 Å². The molecular weight excluding hydrogens is 400 g/mol. The summed E-state index contributed by atoms with van der Waals surface area (Å²) >= 11 is 0. The molecule has 0 saturated carbocycles. The SMILES string of the molecule is N#C/C(=C\c1ccccc1)C(=O)Nc1ccc(NC(=O)/C(C#N)=C/c2ccccc2)cc1. The van der Waals surface area contributed by atoms with E-state index in [4.69, 9.17) is 0 Å². The minimum atomic E-state index is -0.536. The number of benzene rings is 3. The number of nitriles is 2. The highest BCUT2D eigenvalue weighted by Crippen LogP contribution is 2.17. The Morgan fingerprint density at radius 1 is 0.594 bits per heavy atom. The van der Waals surface area contributed by atoms with Gasteiger partial charge < -0.3 is 10.6 Å². The molecule has 0 unspecified atom stereocenters. The van der Waals surface area contributed by atoms with Crippen LogP contribution in [-0.2, 0) is 9.59 Å². The fraction of sp³-hybridized carbons (Fsp3) is 0. The van der Waals surface area contributed by atoms with Crippen molar-refractivity contribution >= 4 is 35.3 Å². The van der Waals surface area contributed by atoms with Crippen molar-refractivity contribution in [2.75, 3.05) is 10.6 Å². The summed E-state index contributed by atoms with van der Waals surface area (Å²) in [5.41, 5.74) is 2.35. The van der Waals surface area contributed by atoms with Crippen LogP contribution in [0.1, 0.15) is 11.1 Å². The van der Waals surface area contributed by atoms with Gasteiger partial charge in [0.2, 0.25) is 0 Å². The van der Waals surface area contributed by atoms with Gasteiger partial charge in [0.25, 0.3) is 11.8 Å². The average molecular weight is 418 g/mol. The topological polar surface area (TPSA) is 106 Å². The maximum absolute atomic E-state index is 12.4. The van der Waals surface area contributed by atoms with Crippen LogP contribution in [0.15, 0.2) is 96.1 Å². The van der Waals surface area contributed by atoms with Crippen molar-refractivity contribution in [1.29, 1.82) is 10.5 Å². The van der Waals surface area contributed by atoms with Crippen LogP contribution in [0, 0.1) is 22.7 Å². The maximum Gasteiger partial charge on any atom is 0.266 e. The van der Waals surface area contributed by atoms with Crippen LogP contribution < -0.4 is 10.6 Å². The molecule has 6 nitrogen and oxygen atoms in total. The number of carbonyl (C=O) groups excluding carboxylic acids is 2. The molecule has 154 valence electrons. The minimum absolute atomic E-state index is 0.0294. The molecule has 3 rings (SSSR count). The van der Waals surface area contributed by atoms with E-state index in [-0.39, 0.29) is 11.1 Å². The normalized spacial score (nSPS) is 11.1. The summed E-state index contributed by atoms with van der Waals surface area (Å²) in [5.74, 6) is -1.07. The molecule has 0 radical (unpaired) electrons. The molecule has 0 aliphatic heterocycles. The van der Waals surface area contributed by atoms with Gasteiger partial charge in [-0.3, -0.25) is 9.59 Å². The van der Waals surface area contributed by atoms with E-state index in [0.717, 1.165) is 11.1 Å². The zero-order valence-corrected chi connectivity index (χ0v) is 16.9. The quantitative estimate of drug-likeness (QED) is 0.444. The zero-order valence-electron chi connectivity index (χ0n) is 16.9. The Morgan fingerprint density at radius 2 is 0.938 bits per heavy atom. The van der Waals surface area contributed by atoms with Gasteiger partial charge in [-0.2, -0.15) is 10.5 Å². The van der Waals surface area contributed by atoms with Crippen molar-refractivity contribution in [3.63, 3.8) is 0 Å². The molecule has 0 bridgehead atoms. The van der Waals surface area contributed by atoms with Crippen molar-refractivity contribution < 1.29 is 9.59 Å². The summed E-state index contributed by atoms with van der Waals surface area (Å²) in [5, 5.41) is 23.9. The van der Waals surface area contributed by atoms with Gasteiger partial charge in [-0.1, -0.05) is 60.7 Å². The summed E-state index contributed by atoms with van der Waals surface area (Å²) in [7, 11) is 0. The molecule has 2 N–H and O–H groups in total. The molecule has 0 heterocycles. The zero-order chi connectivity index (χ0) is 22.8. The second-order valence-corrected chi connectivity index (χ2v) is 6.65. The van der Waals surface area contributed by atoms with Gasteiger partial charge in [-0.15, -0.1) is 0 Å². The lowest BCUT2D eigenvalue weighted by molar-refractivity contribution is -0.113. The third-order valence-electron chi connectivity index (χ3n) is 4.35. The third kappa shape index (κ3) is 6.03. The molecule has 0 atom stereocenters. The second-order valence-electron chi connectivity index (χ2n) is 6.65. The first-order chi connectivity index (χ1) is 15.6. The van der Waals surface area contributed by atoms with Crippen LogP contribution in [0.2, 0.25) is 0 Å². The molecule has 2 amide bonds. The third-order valence-corrected chi connectivity index (χ3v) is 4.35. The van der Waals surface area contributed by atoms with E-state index >= 15 is 0 Å². The lowest BCUT2D eigenvalue weighted by Crippen LogP contribution is -2.15. The Balaban J connectivity index is 1.66. The molecular formula is C26H18N4O2. The van der Waals surface area contributed by atoms with Gasteiger partial charge >= 0.3 is 0 Å². The summed E-state index contributed by atoms with van der Waals surface area (Å²) in [6.45, 7) is 0. The van der Waals surface area contributed by atoms with Crippen LogP contribution in [0.5, 0.6) is 0 Å². The van der Waals surface area contributed by atoms with Gasteiger partial charge in [-0.25, -0.2) is 0 Å². The largest absolute Gasteiger partial charge is 0.321 e. The van der Waals surface area contributed by atoms with Gasteiger partial charge in [0.05, 0.1) is 0 Å². The van der Waals surface area contributed by atoms with Crippen molar-refractivity contribution in [3.05, 3.63) is 107 Å². The fourth-order valence-corrected chi connectivity index (χ4v) is 2.76. The Labute approximate surface area is 185 Å². The molecule has 0 spiro atoms. The lowest BCUT2D eigenvalue weighted by atomic mass is 10.1. The molecule has 0 aromatic heterocycles. The second kappa shape index (κ2) is 10.7. The van der Waals surface area contributed by atoms with Gasteiger partial charge in [0, 0.05) is 11.4 Å². The number of carbonyl (C=O) groups is 2. The maximum atomic E-state index is 12.4. The first-order valence-corrected chi connectivity index (χ1v) is 9.65. The summed E-state index contributed by atoms with van der Waals surface area (Å²) in [6.07, 6.45) is 3.01. The predicted octanol–water partition coefficient (Wildman–Crippen LogP) is 4.78. The number of anilines is 2. The molecule has 0 aliphatic rings. The summed E-state index contributed by atoms with van der Waals surface area (Å²) in [6, 6.07) is 28.3. The van der Waals surface area contributed by atoms with Crippen molar-refractivity contribution in [2.24, 2.45) is 0 Å². The van der Waals surface area contributed by atoms with E-state index in [1.54, 1.807) is 48.5 Å². The minimum Gasteiger partial charge on any atom is -0.321 e. The molecule has 0 saturated heterocycles. The van der Waals surface area contributed by atoms with Gasteiger partial charge in [-0.05, 0) is 47.5 Å². The van der Waals surface area contributed by atoms with E-state index < -0.39 is 11.8 Å². The summed E-state index contributed by atoms with van der Waals surface area (Å²) < 4.78 is 0. The number of rotatable bonds is 6. The highest BCUT2D eigenvalue weighted by molar-refractivity contribution is 6.11. The number of amides is 2. The number of nitrogens with one attached hydrogen (secondary N) is 2. The van der Waals surface area contributed by atoms with Crippen LogP contribution in [-0.4, -0.2) is 11.8 Å². The van der Waals surface area contributed by atoms with Crippen molar-refractivity contribution in [1.82, 2.24) is 0 Å². The average Bonchev–Trinajstić information content (AvgIpc) is 2.83. The lowest BCUT2D eigenvalue weighted by Gasteiger charge is -2.07. The highest BCUT2D eigenvalue weighted by atomic mass is 16.2. The standard InChI is InChI=1S/C26H18N4O2/c27-17-21(15-19-7-3-1-4-8-19)25(31)29-23-11-13-24(14-12-23)30-26(32)22(18-28)16-20-9-5-2-6-10-20/h1-16H,(H,29,31)(H,30,32)/b21-15+,22-16+. The Kier molecular flexibility index (Phi) is 7.29. The number of nitrogens with zero attached hydrogens (tertiary/aromatic N) is 2. The molecule has 0 aliphatic carbocycles.